The molecule has 0 saturated heterocycles. The molecule has 0 radical (unpaired) electrons. The lowest BCUT2D eigenvalue weighted by molar-refractivity contribution is 0.617. The van der Waals surface area contributed by atoms with Gasteiger partial charge in [-0.15, -0.1) is 0 Å². The maximum Gasteiger partial charge on any atom is 0.137 e. The molecule has 1 aromatic heterocycles. The molecule has 0 fully saturated rings. The number of rotatable bonds is 4. The Morgan fingerprint density at radius 1 is 1.22 bits per heavy atom. The van der Waals surface area contributed by atoms with E-state index in [2.05, 4.69) is 31.2 Å². The number of hydrogen-bond acceptors (Lipinski definition) is 3. The van der Waals surface area contributed by atoms with Crippen LogP contribution in [0.3, 0.4) is 0 Å². The first-order valence-electron chi connectivity index (χ1n) is 5.57. The van der Waals surface area contributed by atoms with E-state index in [4.69, 9.17) is 0 Å². The monoisotopic (exact) mass is 309 g/mol. The standard InChI is InChI=1S/C13H13BrFN3/c1-9-5-18-11(8-17-9)7-16-6-10-2-3-13(15)12(14)4-10/h2-5,8,16H,6-7H2,1H3. The van der Waals surface area contributed by atoms with Crippen molar-refractivity contribution in [3.8, 4) is 0 Å². The van der Waals surface area contributed by atoms with E-state index in [1.165, 1.54) is 6.07 Å². The van der Waals surface area contributed by atoms with Crippen LogP contribution in [0.5, 0.6) is 0 Å². The van der Waals surface area contributed by atoms with Gasteiger partial charge in [0, 0.05) is 25.5 Å². The van der Waals surface area contributed by atoms with Gasteiger partial charge in [-0.2, -0.15) is 0 Å². The fourth-order valence-electron chi connectivity index (χ4n) is 1.50. The number of hydrogen-bond donors (Lipinski definition) is 1. The fraction of sp³-hybridized carbons (Fsp3) is 0.231. The van der Waals surface area contributed by atoms with Crippen LogP contribution in [-0.4, -0.2) is 9.97 Å². The van der Waals surface area contributed by atoms with Crippen molar-refractivity contribution >= 4 is 15.9 Å². The van der Waals surface area contributed by atoms with Crippen LogP contribution in [0.2, 0.25) is 0 Å². The van der Waals surface area contributed by atoms with Crippen LogP contribution in [-0.2, 0) is 13.1 Å². The molecule has 1 N–H and O–H groups in total. The van der Waals surface area contributed by atoms with Crippen LogP contribution in [0.25, 0.3) is 0 Å². The van der Waals surface area contributed by atoms with E-state index in [0.29, 0.717) is 17.6 Å². The van der Waals surface area contributed by atoms with Gasteiger partial charge in [0.05, 0.1) is 15.9 Å². The molecule has 2 rings (SSSR count). The molecule has 0 spiro atoms. The van der Waals surface area contributed by atoms with Crippen LogP contribution in [0.4, 0.5) is 4.39 Å². The van der Waals surface area contributed by atoms with Crippen molar-refractivity contribution in [2.24, 2.45) is 0 Å². The van der Waals surface area contributed by atoms with E-state index in [1.54, 1.807) is 24.5 Å². The number of nitrogens with one attached hydrogen (secondary N) is 1. The predicted molar refractivity (Wildman–Crippen MR) is 71.4 cm³/mol. The van der Waals surface area contributed by atoms with Crippen molar-refractivity contribution in [2.75, 3.05) is 0 Å². The van der Waals surface area contributed by atoms with Gasteiger partial charge >= 0.3 is 0 Å². The van der Waals surface area contributed by atoms with Crippen LogP contribution in [0, 0.1) is 12.7 Å². The number of aromatic nitrogens is 2. The average molecular weight is 310 g/mol. The highest BCUT2D eigenvalue weighted by molar-refractivity contribution is 9.10. The first-order valence-corrected chi connectivity index (χ1v) is 6.36. The molecule has 0 atom stereocenters. The summed E-state index contributed by atoms with van der Waals surface area (Å²) in [5.41, 5.74) is 2.81. The molecule has 5 heteroatoms. The lowest BCUT2D eigenvalue weighted by Crippen LogP contribution is -2.14. The lowest BCUT2D eigenvalue weighted by atomic mass is 10.2. The van der Waals surface area contributed by atoms with Crippen molar-refractivity contribution in [3.05, 3.63) is 57.8 Å². The Morgan fingerprint density at radius 3 is 2.72 bits per heavy atom. The summed E-state index contributed by atoms with van der Waals surface area (Å²) in [6.45, 7) is 3.21. The molecule has 0 aliphatic carbocycles. The topological polar surface area (TPSA) is 37.8 Å². The molecule has 0 amide bonds. The van der Waals surface area contributed by atoms with E-state index >= 15 is 0 Å². The summed E-state index contributed by atoms with van der Waals surface area (Å²) < 4.78 is 13.5. The summed E-state index contributed by atoms with van der Waals surface area (Å²) in [7, 11) is 0. The minimum absolute atomic E-state index is 0.247. The third kappa shape index (κ3) is 3.58. The van der Waals surface area contributed by atoms with E-state index < -0.39 is 0 Å². The highest BCUT2D eigenvalue weighted by Crippen LogP contribution is 2.16. The number of aryl methyl sites for hydroxylation is 1. The largest absolute Gasteiger partial charge is 0.307 e. The number of nitrogens with zero attached hydrogens (tertiary/aromatic N) is 2. The molecule has 0 unspecified atom stereocenters. The van der Waals surface area contributed by atoms with Crippen molar-refractivity contribution < 1.29 is 4.39 Å². The highest BCUT2D eigenvalue weighted by Gasteiger charge is 2.00. The summed E-state index contributed by atoms with van der Waals surface area (Å²) in [5.74, 6) is -0.247. The van der Waals surface area contributed by atoms with Gasteiger partial charge in [-0.05, 0) is 40.5 Å². The first-order chi connectivity index (χ1) is 8.65. The van der Waals surface area contributed by atoms with Gasteiger partial charge in [-0.25, -0.2) is 4.39 Å². The second-order valence-electron chi connectivity index (χ2n) is 4.00. The Bertz CT molecular complexity index is 528. The Morgan fingerprint density at radius 2 is 2.06 bits per heavy atom. The Hall–Kier alpha value is -1.33. The molecule has 0 aliphatic heterocycles. The minimum Gasteiger partial charge on any atom is -0.307 e. The maximum atomic E-state index is 13.0. The second-order valence-corrected chi connectivity index (χ2v) is 4.86. The molecule has 0 aliphatic rings. The Labute approximate surface area is 114 Å². The second kappa shape index (κ2) is 6.02. The Balaban J connectivity index is 1.88. The molecule has 1 aromatic carbocycles. The van der Waals surface area contributed by atoms with Crippen LogP contribution >= 0.6 is 15.9 Å². The fourth-order valence-corrected chi connectivity index (χ4v) is 1.92. The molecule has 18 heavy (non-hydrogen) atoms. The molecule has 94 valence electrons. The van der Waals surface area contributed by atoms with Gasteiger partial charge in [0.2, 0.25) is 0 Å². The zero-order valence-electron chi connectivity index (χ0n) is 9.95. The summed E-state index contributed by atoms with van der Waals surface area (Å²) in [4.78, 5) is 8.42. The van der Waals surface area contributed by atoms with Gasteiger partial charge < -0.3 is 5.32 Å². The predicted octanol–water partition coefficient (Wildman–Crippen LogP) is 2.98. The van der Waals surface area contributed by atoms with Crippen LogP contribution in [0.1, 0.15) is 17.0 Å². The summed E-state index contributed by atoms with van der Waals surface area (Å²) in [5, 5.41) is 3.24. The summed E-state index contributed by atoms with van der Waals surface area (Å²) in [6.07, 6.45) is 3.49. The molecular weight excluding hydrogens is 297 g/mol. The molecule has 3 nitrogen and oxygen atoms in total. The third-order valence-corrected chi connectivity index (χ3v) is 3.06. The average Bonchev–Trinajstić information content (AvgIpc) is 2.36. The van der Waals surface area contributed by atoms with Gasteiger partial charge in [0.1, 0.15) is 5.82 Å². The molecule has 2 aromatic rings. The van der Waals surface area contributed by atoms with Gasteiger partial charge in [-0.3, -0.25) is 9.97 Å². The quantitative estimate of drug-likeness (QED) is 0.943. The Kier molecular flexibility index (Phi) is 4.38. The smallest absolute Gasteiger partial charge is 0.137 e. The molecule has 0 saturated carbocycles. The van der Waals surface area contributed by atoms with Gasteiger partial charge in [-0.1, -0.05) is 6.07 Å². The van der Waals surface area contributed by atoms with Crippen molar-refractivity contribution in [2.45, 2.75) is 20.0 Å². The first kappa shape index (κ1) is 13.1. The van der Waals surface area contributed by atoms with Crippen LogP contribution in [0.15, 0.2) is 35.1 Å². The lowest BCUT2D eigenvalue weighted by Gasteiger charge is -2.05. The van der Waals surface area contributed by atoms with Crippen molar-refractivity contribution in [1.29, 1.82) is 0 Å². The van der Waals surface area contributed by atoms with E-state index in [-0.39, 0.29) is 5.82 Å². The molecular formula is C13H13BrFN3. The normalized spacial score (nSPS) is 10.6. The highest BCUT2D eigenvalue weighted by atomic mass is 79.9. The number of halogens is 2. The SMILES string of the molecule is Cc1cnc(CNCc2ccc(F)c(Br)c2)cn1. The summed E-state index contributed by atoms with van der Waals surface area (Å²) >= 11 is 3.17. The number of benzene rings is 1. The van der Waals surface area contributed by atoms with E-state index in [9.17, 15) is 4.39 Å². The van der Waals surface area contributed by atoms with Crippen molar-refractivity contribution in [1.82, 2.24) is 15.3 Å². The zero-order chi connectivity index (χ0) is 13.0. The maximum absolute atomic E-state index is 13.0. The third-order valence-electron chi connectivity index (χ3n) is 2.45. The van der Waals surface area contributed by atoms with Crippen LogP contribution < -0.4 is 5.32 Å². The zero-order valence-corrected chi connectivity index (χ0v) is 11.5. The van der Waals surface area contributed by atoms with E-state index in [0.717, 1.165) is 17.0 Å². The van der Waals surface area contributed by atoms with Gasteiger partial charge in [0.25, 0.3) is 0 Å². The molecule has 1 heterocycles. The van der Waals surface area contributed by atoms with E-state index in [1.807, 2.05) is 6.92 Å². The minimum atomic E-state index is -0.247. The molecule has 0 bridgehead atoms. The van der Waals surface area contributed by atoms with Gasteiger partial charge in [0.15, 0.2) is 0 Å². The summed E-state index contributed by atoms with van der Waals surface area (Å²) in [6, 6.07) is 4.98. The van der Waals surface area contributed by atoms with Crippen molar-refractivity contribution in [3.63, 3.8) is 0 Å².